The van der Waals surface area contributed by atoms with Crippen LogP contribution in [0.2, 0.25) is 0 Å². The van der Waals surface area contributed by atoms with Gasteiger partial charge >= 0.3 is 11.9 Å². The number of methoxy groups -OCH3 is 1. The number of hydrogen-bond acceptors (Lipinski definition) is 2. The van der Waals surface area contributed by atoms with Crippen LogP contribution in [0.1, 0.15) is 23.1 Å². The van der Waals surface area contributed by atoms with Crippen LogP contribution >= 0.6 is 0 Å². The molecule has 0 aromatic heterocycles. The lowest BCUT2D eigenvalue weighted by atomic mass is 9.99. The van der Waals surface area contributed by atoms with Gasteiger partial charge in [0.05, 0.1) is 7.11 Å². The van der Waals surface area contributed by atoms with E-state index in [2.05, 4.69) is 0 Å². The number of aryl methyl sites for hydroxylation is 3. The first-order valence-corrected chi connectivity index (χ1v) is 5.53. The quantitative estimate of drug-likeness (QED) is 0.883. The number of aliphatic carboxylic acids is 1. The van der Waals surface area contributed by atoms with E-state index in [0.717, 1.165) is 11.1 Å². The van der Waals surface area contributed by atoms with Crippen molar-refractivity contribution in [2.75, 3.05) is 7.11 Å². The molecule has 0 aliphatic carbocycles. The highest BCUT2D eigenvalue weighted by atomic mass is 19.3. The summed E-state index contributed by atoms with van der Waals surface area (Å²) in [5, 5.41) is 8.36. The molecule has 18 heavy (non-hydrogen) atoms. The molecule has 0 radical (unpaired) electrons. The van der Waals surface area contributed by atoms with Gasteiger partial charge in [-0.15, -0.1) is 0 Å². The minimum Gasteiger partial charge on any atom is -0.496 e. The van der Waals surface area contributed by atoms with Crippen LogP contribution in [0.25, 0.3) is 0 Å². The van der Waals surface area contributed by atoms with Crippen LogP contribution in [0.15, 0.2) is 12.1 Å². The van der Waals surface area contributed by atoms with Gasteiger partial charge in [0.15, 0.2) is 0 Å². The average molecular weight is 258 g/mol. The zero-order chi connectivity index (χ0) is 13.9. The molecule has 100 valence electrons. The molecule has 0 unspecified atom stereocenters. The van der Waals surface area contributed by atoms with Crippen molar-refractivity contribution in [2.24, 2.45) is 0 Å². The molecule has 0 aliphatic heterocycles. The molecule has 0 heterocycles. The highest BCUT2D eigenvalue weighted by Gasteiger charge is 2.38. The molecule has 1 aromatic carbocycles. The van der Waals surface area contributed by atoms with Gasteiger partial charge in [0.2, 0.25) is 0 Å². The van der Waals surface area contributed by atoms with Crippen molar-refractivity contribution in [1.82, 2.24) is 0 Å². The van der Waals surface area contributed by atoms with E-state index >= 15 is 0 Å². The fourth-order valence-electron chi connectivity index (χ4n) is 1.74. The Morgan fingerprint density at radius 3 is 2.44 bits per heavy atom. The number of ether oxygens (including phenoxy) is 1. The summed E-state index contributed by atoms with van der Waals surface area (Å²) in [5.41, 5.74) is 2.38. The molecule has 1 N–H and O–H groups in total. The van der Waals surface area contributed by atoms with Crippen LogP contribution in [0, 0.1) is 13.8 Å². The Bertz CT molecular complexity index is 456. The summed E-state index contributed by atoms with van der Waals surface area (Å²) in [5.74, 6) is -5.06. The van der Waals surface area contributed by atoms with Gasteiger partial charge < -0.3 is 9.84 Å². The normalized spacial score (nSPS) is 11.4. The standard InChI is InChI=1S/C13H16F2O3/c1-8-7-11(18-3)9(2)6-10(8)4-5-13(14,15)12(16)17/h6-7H,4-5H2,1-3H3,(H,16,17). The Morgan fingerprint density at radius 1 is 1.33 bits per heavy atom. The van der Waals surface area contributed by atoms with Crippen LogP contribution < -0.4 is 4.74 Å². The molecular formula is C13H16F2O3. The summed E-state index contributed by atoms with van der Waals surface area (Å²) in [4.78, 5) is 10.3. The van der Waals surface area contributed by atoms with Gasteiger partial charge in [-0.25, -0.2) is 4.79 Å². The minimum absolute atomic E-state index is 0.0238. The number of hydrogen-bond donors (Lipinski definition) is 1. The lowest BCUT2D eigenvalue weighted by Crippen LogP contribution is -2.28. The average Bonchev–Trinajstić information content (AvgIpc) is 2.29. The molecule has 0 spiro atoms. The number of halogens is 2. The van der Waals surface area contributed by atoms with E-state index in [1.807, 2.05) is 6.92 Å². The van der Waals surface area contributed by atoms with Gasteiger partial charge in [-0.2, -0.15) is 8.78 Å². The number of benzene rings is 1. The number of rotatable bonds is 5. The molecule has 0 amide bonds. The minimum atomic E-state index is -3.68. The molecule has 5 heteroatoms. The van der Waals surface area contributed by atoms with Crippen molar-refractivity contribution in [3.05, 3.63) is 28.8 Å². The Hall–Kier alpha value is -1.65. The molecule has 0 bridgehead atoms. The monoisotopic (exact) mass is 258 g/mol. The molecule has 0 atom stereocenters. The molecule has 0 aliphatic rings. The van der Waals surface area contributed by atoms with Gasteiger partial charge in [0, 0.05) is 6.42 Å². The zero-order valence-corrected chi connectivity index (χ0v) is 10.6. The maximum atomic E-state index is 13.0. The van der Waals surface area contributed by atoms with Crippen LogP contribution in [-0.2, 0) is 11.2 Å². The molecule has 0 saturated heterocycles. The number of alkyl halides is 2. The fraction of sp³-hybridized carbons (Fsp3) is 0.462. The van der Waals surface area contributed by atoms with Crippen molar-refractivity contribution in [2.45, 2.75) is 32.6 Å². The maximum Gasteiger partial charge on any atom is 0.374 e. The Kier molecular flexibility index (Phi) is 4.27. The van der Waals surface area contributed by atoms with E-state index in [4.69, 9.17) is 9.84 Å². The van der Waals surface area contributed by atoms with Gasteiger partial charge in [0.25, 0.3) is 0 Å². The van der Waals surface area contributed by atoms with E-state index in [1.165, 1.54) is 0 Å². The summed E-state index contributed by atoms with van der Waals surface area (Å²) in [6, 6.07) is 3.52. The van der Waals surface area contributed by atoms with E-state index in [-0.39, 0.29) is 6.42 Å². The second kappa shape index (κ2) is 5.33. The van der Waals surface area contributed by atoms with E-state index in [1.54, 1.807) is 26.2 Å². The van der Waals surface area contributed by atoms with Crippen molar-refractivity contribution in [3.8, 4) is 5.75 Å². The first kappa shape index (κ1) is 14.4. The third-order valence-electron chi connectivity index (χ3n) is 2.87. The highest BCUT2D eigenvalue weighted by Crippen LogP contribution is 2.26. The van der Waals surface area contributed by atoms with Crippen LogP contribution in [0.3, 0.4) is 0 Å². The molecule has 3 nitrogen and oxygen atoms in total. The molecule has 1 rings (SSSR count). The van der Waals surface area contributed by atoms with Crippen molar-refractivity contribution < 1.29 is 23.4 Å². The second-order valence-corrected chi connectivity index (χ2v) is 4.26. The van der Waals surface area contributed by atoms with Gasteiger partial charge in [-0.3, -0.25) is 0 Å². The topological polar surface area (TPSA) is 46.5 Å². The summed E-state index contributed by atoms with van der Waals surface area (Å²) < 4.78 is 31.1. The SMILES string of the molecule is COc1cc(C)c(CCC(F)(F)C(=O)O)cc1C. The summed E-state index contributed by atoms with van der Waals surface area (Å²) in [6.07, 6.45) is -0.676. The summed E-state index contributed by atoms with van der Waals surface area (Å²) in [6.45, 7) is 3.60. The molecule has 0 saturated carbocycles. The van der Waals surface area contributed by atoms with Crippen LogP contribution in [0.5, 0.6) is 5.75 Å². The zero-order valence-electron chi connectivity index (χ0n) is 10.6. The fourth-order valence-corrected chi connectivity index (χ4v) is 1.74. The van der Waals surface area contributed by atoms with Crippen molar-refractivity contribution >= 4 is 5.97 Å². The van der Waals surface area contributed by atoms with E-state index in [9.17, 15) is 13.6 Å². The largest absolute Gasteiger partial charge is 0.496 e. The predicted octanol–water partition coefficient (Wildman–Crippen LogP) is 2.96. The second-order valence-electron chi connectivity index (χ2n) is 4.26. The number of carboxylic acid groups (broad SMARTS) is 1. The first-order valence-electron chi connectivity index (χ1n) is 5.53. The lowest BCUT2D eigenvalue weighted by Gasteiger charge is -2.14. The lowest BCUT2D eigenvalue weighted by molar-refractivity contribution is -0.165. The van der Waals surface area contributed by atoms with Crippen LogP contribution in [-0.4, -0.2) is 24.1 Å². The van der Waals surface area contributed by atoms with Gasteiger partial charge in [-0.05, 0) is 43.0 Å². The summed E-state index contributed by atoms with van der Waals surface area (Å²) >= 11 is 0. The maximum absolute atomic E-state index is 13.0. The highest BCUT2D eigenvalue weighted by molar-refractivity contribution is 5.75. The molecule has 1 aromatic rings. The van der Waals surface area contributed by atoms with E-state index < -0.39 is 18.3 Å². The Morgan fingerprint density at radius 2 is 1.94 bits per heavy atom. The number of carbonyl (C=O) groups is 1. The van der Waals surface area contributed by atoms with Gasteiger partial charge in [-0.1, -0.05) is 6.07 Å². The molecular weight excluding hydrogens is 242 g/mol. The Balaban J connectivity index is 2.86. The van der Waals surface area contributed by atoms with E-state index in [0.29, 0.717) is 11.3 Å². The number of carboxylic acids is 1. The van der Waals surface area contributed by atoms with Crippen molar-refractivity contribution in [3.63, 3.8) is 0 Å². The predicted molar refractivity (Wildman–Crippen MR) is 63.4 cm³/mol. The third-order valence-corrected chi connectivity index (χ3v) is 2.87. The smallest absolute Gasteiger partial charge is 0.374 e. The van der Waals surface area contributed by atoms with Gasteiger partial charge in [0.1, 0.15) is 5.75 Å². The van der Waals surface area contributed by atoms with Crippen molar-refractivity contribution in [1.29, 1.82) is 0 Å². The first-order chi connectivity index (χ1) is 8.27. The summed E-state index contributed by atoms with van der Waals surface area (Å²) in [7, 11) is 1.54. The molecule has 0 fully saturated rings. The third kappa shape index (κ3) is 3.18. The van der Waals surface area contributed by atoms with Crippen LogP contribution in [0.4, 0.5) is 8.78 Å². The Labute approximate surface area is 104 Å².